The lowest BCUT2D eigenvalue weighted by atomic mass is 9.97. The predicted molar refractivity (Wildman–Crippen MR) is 73.7 cm³/mol. The molecule has 0 amide bonds. The Balaban J connectivity index is 2.52. The minimum absolute atomic E-state index is 0.0799. The normalized spacial score (nSPS) is 12.7. The average molecular weight is 288 g/mol. The van der Waals surface area contributed by atoms with E-state index in [-0.39, 0.29) is 11.6 Å². The third-order valence-corrected chi connectivity index (χ3v) is 3.13. The fourth-order valence-electron chi connectivity index (χ4n) is 1.91. The number of rotatable bonds is 7. The largest absolute Gasteiger partial charge is 0.481 e. The first kappa shape index (κ1) is 15.9. The molecule has 1 atom stereocenters. The zero-order valence-electron chi connectivity index (χ0n) is 11.1. The van der Waals surface area contributed by atoms with E-state index in [0.29, 0.717) is 24.4 Å². The van der Waals surface area contributed by atoms with E-state index in [1.807, 2.05) is 13.8 Å². The Morgan fingerprint density at radius 1 is 1.47 bits per heavy atom. The van der Waals surface area contributed by atoms with Crippen molar-refractivity contribution in [3.63, 3.8) is 0 Å². The van der Waals surface area contributed by atoms with Crippen LogP contribution >= 0.6 is 11.6 Å². The second kappa shape index (κ2) is 7.46. The van der Waals surface area contributed by atoms with Crippen molar-refractivity contribution >= 4 is 17.6 Å². The van der Waals surface area contributed by atoms with Crippen LogP contribution in [0.1, 0.15) is 25.8 Å². The topological polar surface area (TPSA) is 49.3 Å². The van der Waals surface area contributed by atoms with Gasteiger partial charge in [0.25, 0.3) is 0 Å². The summed E-state index contributed by atoms with van der Waals surface area (Å²) in [5, 5.41) is 12.1. The van der Waals surface area contributed by atoms with E-state index in [9.17, 15) is 9.18 Å². The van der Waals surface area contributed by atoms with Crippen LogP contribution < -0.4 is 5.32 Å². The third-order valence-electron chi connectivity index (χ3n) is 2.84. The van der Waals surface area contributed by atoms with Gasteiger partial charge in [0, 0.05) is 18.7 Å². The second-order valence-electron chi connectivity index (χ2n) is 5.01. The van der Waals surface area contributed by atoms with Gasteiger partial charge in [0.1, 0.15) is 5.82 Å². The Bertz CT molecular complexity index is 437. The van der Waals surface area contributed by atoms with Crippen LogP contribution in [-0.4, -0.2) is 17.6 Å². The highest BCUT2D eigenvalue weighted by molar-refractivity contribution is 6.30. The highest BCUT2D eigenvalue weighted by atomic mass is 35.5. The molecule has 2 N–H and O–H groups in total. The molecule has 0 bridgehead atoms. The number of hydrogen-bond acceptors (Lipinski definition) is 2. The van der Waals surface area contributed by atoms with E-state index in [0.717, 1.165) is 0 Å². The van der Waals surface area contributed by atoms with Crippen molar-refractivity contribution in [2.24, 2.45) is 11.8 Å². The molecule has 0 radical (unpaired) electrons. The van der Waals surface area contributed by atoms with E-state index < -0.39 is 17.7 Å². The van der Waals surface area contributed by atoms with Gasteiger partial charge < -0.3 is 10.4 Å². The molecule has 0 saturated carbocycles. The summed E-state index contributed by atoms with van der Waals surface area (Å²) < 4.78 is 13.6. The van der Waals surface area contributed by atoms with Gasteiger partial charge in [0.2, 0.25) is 0 Å². The fourth-order valence-corrected chi connectivity index (χ4v) is 2.10. The standard InChI is InChI=1S/C14H19ClFNO2/c1-9(2)6-11(14(18)19)8-17-7-10-4-3-5-12(15)13(10)16/h3-5,9,11,17H,6-8H2,1-2H3,(H,18,19). The number of carboxylic acid groups (broad SMARTS) is 1. The van der Waals surface area contributed by atoms with Gasteiger partial charge in [-0.1, -0.05) is 37.6 Å². The van der Waals surface area contributed by atoms with Crippen LogP contribution in [0.3, 0.4) is 0 Å². The van der Waals surface area contributed by atoms with Crippen molar-refractivity contribution in [1.82, 2.24) is 5.32 Å². The van der Waals surface area contributed by atoms with Crippen molar-refractivity contribution in [2.75, 3.05) is 6.54 Å². The van der Waals surface area contributed by atoms with E-state index in [1.165, 1.54) is 6.07 Å². The zero-order valence-corrected chi connectivity index (χ0v) is 11.9. The smallest absolute Gasteiger partial charge is 0.307 e. The van der Waals surface area contributed by atoms with Crippen LogP contribution in [0.4, 0.5) is 4.39 Å². The maximum absolute atomic E-state index is 13.6. The molecule has 3 nitrogen and oxygen atoms in total. The number of benzene rings is 1. The van der Waals surface area contributed by atoms with Crippen LogP contribution in [-0.2, 0) is 11.3 Å². The number of carboxylic acids is 1. The van der Waals surface area contributed by atoms with Crippen molar-refractivity contribution in [1.29, 1.82) is 0 Å². The minimum Gasteiger partial charge on any atom is -0.481 e. The van der Waals surface area contributed by atoms with Crippen LogP contribution in [0.25, 0.3) is 0 Å². The number of nitrogens with one attached hydrogen (secondary N) is 1. The third kappa shape index (κ3) is 5.17. The molecule has 106 valence electrons. The molecule has 1 aromatic carbocycles. The Kier molecular flexibility index (Phi) is 6.25. The van der Waals surface area contributed by atoms with E-state index in [4.69, 9.17) is 16.7 Å². The molecular weight excluding hydrogens is 269 g/mol. The first-order valence-corrected chi connectivity index (χ1v) is 6.66. The van der Waals surface area contributed by atoms with Crippen LogP contribution in [0.5, 0.6) is 0 Å². The monoisotopic (exact) mass is 287 g/mol. The molecule has 0 saturated heterocycles. The Hall–Kier alpha value is -1.13. The molecule has 1 rings (SSSR count). The van der Waals surface area contributed by atoms with E-state index >= 15 is 0 Å². The maximum atomic E-state index is 13.6. The lowest BCUT2D eigenvalue weighted by Crippen LogP contribution is -2.29. The SMILES string of the molecule is CC(C)CC(CNCc1cccc(Cl)c1F)C(=O)O. The number of halogens is 2. The predicted octanol–water partition coefficient (Wildman–Crippen LogP) is 3.32. The zero-order chi connectivity index (χ0) is 14.4. The summed E-state index contributed by atoms with van der Waals surface area (Å²) in [5.41, 5.74) is 0.446. The summed E-state index contributed by atoms with van der Waals surface area (Å²) in [5.74, 6) is -1.42. The molecule has 0 heterocycles. The molecule has 0 aliphatic rings. The maximum Gasteiger partial charge on any atom is 0.307 e. The van der Waals surface area contributed by atoms with Gasteiger partial charge in [0.05, 0.1) is 10.9 Å². The second-order valence-corrected chi connectivity index (χ2v) is 5.42. The number of carbonyl (C=O) groups is 1. The van der Waals surface area contributed by atoms with Gasteiger partial charge in [-0.25, -0.2) is 4.39 Å². The Morgan fingerprint density at radius 3 is 2.74 bits per heavy atom. The van der Waals surface area contributed by atoms with E-state index in [2.05, 4.69) is 5.32 Å². The molecule has 1 unspecified atom stereocenters. The lowest BCUT2D eigenvalue weighted by Gasteiger charge is -2.15. The highest BCUT2D eigenvalue weighted by Gasteiger charge is 2.18. The molecular formula is C14H19ClFNO2. The molecule has 0 aromatic heterocycles. The number of aliphatic carboxylic acids is 1. The minimum atomic E-state index is -0.826. The number of hydrogen-bond donors (Lipinski definition) is 2. The van der Waals surface area contributed by atoms with E-state index in [1.54, 1.807) is 12.1 Å². The summed E-state index contributed by atoms with van der Waals surface area (Å²) in [6.07, 6.45) is 0.598. The molecule has 0 spiro atoms. The molecule has 0 aliphatic heterocycles. The fraction of sp³-hybridized carbons (Fsp3) is 0.500. The van der Waals surface area contributed by atoms with Gasteiger partial charge in [-0.2, -0.15) is 0 Å². The van der Waals surface area contributed by atoms with Gasteiger partial charge in [-0.15, -0.1) is 0 Å². The molecule has 5 heteroatoms. The van der Waals surface area contributed by atoms with Crippen molar-refractivity contribution < 1.29 is 14.3 Å². The summed E-state index contributed by atoms with van der Waals surface area (Å²) in [4.78, 5) is 11.1. The Labute approximate surface area is 117 Å². The van der Waals surface area contributed by atoms with Gasteiger partial charge >= 0.3 is 5.97 Å². The summed E-state index contributed by atoms with van der Waals surface area (Å²) >= 11 is 5.68. The summed E-state index contributed by atoms with van der Waals surface area (Å²) in [7, 11) is 0. The molecule has 1 aromatic rings. The summed E-state index contributed by atoms with van der Waals surface area (Å²) in [6.45, 7) is 4.55. The molecule has 0 aliphatic carbocycles. The van der Waals surface area contributed by atoms with Crippen molar-refractivity contribution in [3.8, 4) is 0 Å². The lowest BCUT2D eigenvalue weighted by molar-refractivity contribution is -0.142. The highest BCUT2D eigenvalue weighted by Crippen LogP contribution is 2.18. The molecule has 19 heavy (non-hydrogen) atoms. The van der Waals surface area contributed by atoms with Crippen LogP contribution in [0.2, 0.25) is 5.02 Å². The van der Waals surface area contributed by atoms with Crippen molar-refractivity contribution in [3.05, 3.63) is 34.6 Å². The van der Waals surface area contributed by atoms with Gasteiger partial charge in [0.15, 0.2) is 0 Å². The Morgan fingerprint density at radius 2 is 2.16 bits per heavy atom. The first-order chi connectivity index (χ1) is 8.91. The molecule has 0 fully saturated rings. The van der Waals surface area contributed by atoms with Gasteiger partial charge in [-0.05, 0) is 18.4 Å². The summed E-state index contributed by atoms with van der Waals surface area (Å²) in [6, 6.07) is 4.79. The van der Waals surface area contributed by atoms with Crippen LogP contribution in [0, 0.1) is 17.7 Å². The average Bonchev–Trinajstić information content (AvgIpc) is 2.32. The van der Waals surface area contributed by atoms with Gasteiger partial charge in [-0.3, -0.25) is 4.79 Å². The first-order valence-electron chi connectivity index (χ1n) is 6.28. The van der Waals surface area contributed by atoms with Crippen LogP contribution in [0.15, 0.2) is 18.2 Å². The quantitative estimate of drug-likeness (QED) is 0.809. The van der Waals surface area contributed by atoms with Crippen molar-refractivity contribution in [2.45, 2.75) is 26.8 Å².